The van der Waals surface area contributed by atoms with Gasteiger partial charge in [0.1, 0.15) is 0 Å². The fourth-order valence-corrected chi connectivity index (χ4v) is 7.00. The van der Waals surface area contributed by atoms with Crippen molar-refractivity contribution in [3.8, 4) is 62.2 Å². The number of benzene rings is 8. The Balaban J connectivity index is 1.19. The number of nitriles is 1. The monoisotopic (exact) mass is 635 g/mol. The molecule has 1 aromatic heterocycles. The second-order valence-electron chi connectivity index (χ2n) is 12.5. The lowest BCUT2D eigenvalue weighted by molar-refractivity contribution is 1.18. The molecule has 1 heterocycles. The fourth-order valence-electron chi connectivity index (χ4n) is 7.00. The minimum absolute atomic E-state index is 0.644. The van der Waals surface area contributed by atoms with Crippen LogP contribution in [0.2, 0.25) is 0 Å². The molecule has 0 bridgehead atoms. The molecule has 9 aromatic rings. The molecule has 0 atom stereocenters. The van der Waals surface area contributed by atoms with Gasteiger partial charge in [-0.15, -0.1) is 0 Å². The average molecular weight is 636 g/mol. The van der Waals surface area contributed by atoms with Gasteiger partial charge in [0.05, 0.1) is 23.0 Å². The lowest BCUT2D eigenvalue weighted by Crippen LogP contribution is -1.96. The van der Waals surface area contributed by atoms with Crippen molar-refractivity contribution in [1.82, 2.24) is 9.97 Å². The van der Waals surface area contributed by atoms with Crippen molar-refractivity contribution >= 4 is 32.3 Å². The third kappa shape index (κ3) is 5.26. The predicted octanol–water partition coefficient (Wildman–Crippen LogP) is 12.1. The molecule has 9 rings (SSSR count). The van der Waals surface area contributed by atoms with E-state index in [0.717, 1.165) is 44.8 Å². The second-order valence-corrected chi connectivity index (χ2v) is 12.5. The van der Waals surface area contributed by atoms with Crippen molar-refractivity contribution in [3.05, 3.63) is 181 Å². The standard InChI is InChI=1S/C47H29N3/c48-30-31-17-19-32(20-18-31)37-13-8-14-39(27-37)44-29-43(34-10-2-1-3-11-34)49-47(50-44)36-24-22-35(23-25-36)45-42-16-7-5-12-38(42)28-40-26-21-33-9-4-6-15-41(33)46(40)45/h1-29H. The van der Waals surface area contributed by atoms with Crippen LogP contribution in [-0.4, -0.2) is 9.97 Å². The zero-order valence-electron chi connectivity index (χ0n) is 27.1. The van der Waals surface area contributed by atoms with Crippen molar-refractivity contribution in [3.63, 3.8) is 0 Å². The molecule has 232 valence electrons. The Labute approximate surface area is 290 Å². The molecular formula is C47H29N3. The van der Waals surface area contributed by atoms with Crippen molar-refractivity contribution in [2.24, 2.45) is 0 Å². The maximum Gasteiger partial charge on any atom is 0.160 e. The van der Waals surface area contributed by atoms with Crippen LogP contribution in [0.4, 0.5) is 0 Å². The van der Waals surface area contributed by atoms with Crippen LogP contribution in [0.15, 0.2) is 176 Å². The Morgan fingerprint density at radius 2 is 0.980 bits per heavy atom. The van der Waals surface area contributed by atoms with E-state index < -0.39 is 0 Å². The molecule has 0 radical (unpaired) electrons. The van der Waals surface area contributed by atoms with Gasteiger partial charge in [-0.1, -0.05) is 146 Å². The number of nitrogens with zero attached hydrogens (tertiary/aromatic N) is 3. The first kappa shape index (κ1) is 29.3. The number of aromatic nitrogens is 2. The van der Waals surface area contributed by atoms with Gasteiger partial charge in [0.25, 0.3) is 0 Å². The third-order valence-electron chi connectivity index (χ3n) is 9.49. The molecule has 0 aliphatic heterocycles. The number of rotatable bonds is 5. The molecule has 0 fully saturated rings. The zero-order valence-corrected chi connectivity index (χ0v) is 27.1. The van der Waals surface area contributed by atoms with Crippen LogP contribution >= 0.6 is 0 Å². The van der Waals surface area contributed by atoms with Gasteiger partial charge in [-0.3, -0.25) is 0 Å². The molecule has 0 N–H and O–H groups in total. The highest BCUT2D eigenvalue weighted by molar-refractivity contribution is 6.21. The highest BCUT2D eigenvalue weighted by Crippen LogP contribution is 2.41. The van der Waals surface area contributed by atoms with Crippen molar-refractivity contribution in [1.29, 1.82) is 5.26 Å². The Bertz CT molecular complexity index is 2740. The molecule has 0 unspecified atom stereocenters. The lowest BCUT2D eigenvalue weighted by Gasteiger charge is -2.15. The highest BCUT2D eigenvalue weighted by Gasteiger charge is 2.15. The van der Waals surface area contributed by atoms with Gasteiger partial charge in [0, 0.05) is 16.7 Å². The Morgan fingerprint density at radius 3 is 1.76 bits per heavy atom. The summed E-state index contributed by atoms with van der Waals surface area (Å²) in [6, 6.07) is 63.4. The van der Waals surface area contributed by atoms with Crippen LogP contribution in [0.1, 0.15) is 5.56 Å². The van der Waals surface area contributed by atoms with E-state index in [4.69, 9.17) is 9.97 Å². The molecule has 3 heteroatoms. The van der Waals surface area contributed by atoms with E-state index in [1.165, 1.54) is 37.9 Å². The van der Waals surface area contributed by atoms with Gasteiger partial charge in [0.15, 0.2) is 5.82 Å². The molecule has 0 saturated heterocycles. The van der Waals surface area contributed by atoms with Gasteiger partial charge in [-0.05, 0) is 84.9 Å². The number of hydrogen-bond donors (Lipinski definition) is 0. The van der Waals surface area contributed by atoms with E-state index in [1.807, 2.05) is 42.5 Å². The topological polar surface area (TPSA) is 49.6 Å². The summed E-state index contributed by atoms with van der Waals surface area (Å²) in [7, 11) is 0. The smallest absolute Gasteiger partial charge is 0.160 e. The van der Waals surface area contributed by atoms with Gasteiger partial charge in [0.2, 0.25) is 0 Å². The summed E-state index contributed by atoms with van der Waals surface area (Å²) in [5.41, 5.74) is 9.84. The van der Waals surface area contributed by atoms with Crippen LogP contribution < -0.4 is 0 Å². The van der Waals surface area contributed by atoms with E-state index in [2.05, 4.69) is 140 Å². The normalized spacial score (nSPS) is 11.2. The maximum atomic E-state index is 9.26. The van der Waals surface area contributed by atoms with Crippen LogP contribution in [-0.2, 0) is 0 Å². The minimum atomic E-state index is 0.644. The molecule has 0 aliphatic carbocycles. The SMILES string of the molecule is N#Cc1ccc(-c2cccc(-c3cc(-c4ccccc4)nc(-c4ccc(-c5c6ccccc6cc6ccc7ccccc7c56)cc4)n3)c2)cc1. The zero-order chi connectivity index (χ0) is 33.4. The Kier molecular flexibility index (Phi) is 7.19. The summed E-state index contributed by atoms with van der Waals surface area (Å²) in [6.07, 6.45) is 0. The molecule has 3 nitrogen and oxygen atoms in total. The van der Waals surface area contributed by atoms with Crippen molar-refractivity contribution in [2.45, 2.75) is 0 Å². The summed E-state index contributed by atoms with van der Waals surface area (Å²) < 4.78 is 0. The first-order valence-electron chi connectivity index (χ1n) is 16.7. The molecule has 0 amide bonds. The van der Waals surface area contributed by atoms with E-state index >= 15 is 0 Å². The molecular weight excluding hydrogens is 607 g/mol. The molecule has 50 heavy (non-hydrogen) atoms. The van der Waals surface area contributed by atoms with E-state index in [1.54, 1.807) is 0 Å². The van der Waals surface area contributed by atoms with Crippen LogP contribution in [0.25, 0.3) is 88.5 Å². The van der Waals surface area contributed by atoms with Gasteiger partial charge >= 0.3 is 0 Å². The quantitative estimate of drug-likeness (QED) is 0.140. The third-order valence-corrected chi connectivity index (χ3v) is 9.49. The first-order chi connectivity index (χ1) is 24.7. The van der Waals surface area contributed by atoms with Gasteiger partial charge < -0.3 is 0 Å². The molecule has 0 spiro atoms. The summed E-state index contributed by atoms with van der Waals surface area (Å²) >= 11 is 0. The highest BCUT2D eigenvalue weighted by atomic mass is 14.9. The largest absolute Gasteiger partial charge is 0.228 e. The molecule has 8 aromatic carbocycles. The van der Waals surface area contributed by atoms with Crippen molar-refractivity contribution < 1.29 is 0 Å². The summed E-state index contributed by atoms with van der Waals surface area (Å²) in [4.78, 5) is 10.3. The Hall–Kier alpha value is -6.89. The van der Waals surface area contributed by atoms with Crippen LogP contribution in [0, 0.1) is 11.3 Å². The van der Waals surface area contributed by atoms with E-state index in [0.29, 0.717) is 11.4 Å². The van der Waals surface area contributed by atoms with E-state index in [-0.39, 0.29) is 0 Å². The first-order valence-corrected chi connectivity index (χ1v) is 16.7. The predicted molar refractivity (Wildman–Crippen MR) is 206 cm³/mol. The maximum absolute atomic E-state index is 9.26. The second kappa shape index (κ2) is 12.3. The molecule has 0 aliphatic rings. The fraction of sp³-hybridized carbons (Fsp3) is 0. The van der Waals surface area contributed by atoms with E-state index in [9.17, 15) is 5.26 Å². The minimum Gasteiger partial charge on any atom is -0.228 e. The average Bonchev–Trinajstić information content (AvgIpc) is 3.20. The summed E-state index contributed by atoms with van der Waals surface area (Å²) in [5.74, 6) is 0.671. The van der Waals surface area contributed by atoms with Crippen LogP contribution in [0.3, 0.4) is 0 Å². The molecule has 0 saturated carbocycles. The van der Waals surface area contributed by atoms with Crippen LogP contribution in [0.5, 0.6) is 0 Å². The number of hydrogen-bond acceptors (Lipinski definition) is 3. The van der Waals surface area contributed by atoms with Gasteiger partial charge in [-0.25, -0.2) is 9.97 Å². The van der Waals surface area contributed by atoms with Crippen molar-refractivity contribution in [2.75, 3.05) is 0 Å². The number of fused-ring (bicyclic) bond motifs is 4. The summed E-state index contributed by atoms with van der Waals surface area (Å²) in [5, 5.41) is 16.7. The van der Waals surface area contributed by atoms with Gasteiger partial charge in [-0.2, -0.15) is 5.26 Å². The lowest BCUT2D eigenvalue weighted by atomic mass is 9.89. The Morgan fingerprint density at radius 1 is 0.380 bits per heavy atom. The summed E-state index contributed by atoms with van der Waals surface area (Å²) in [6.45, 7) is 0.